The Kier molecular flexibility index (Phi) is 6.83. The Morgan fingerprint density at radius 2 is 1.75 bits per heavy atom. The van der Waals surface area contributed by atoms with Gasteiger partial charge in [-0.05, 0) is 44.5 Å². The second kappa shape index (κ2) is 8.91. The summed E-state index contributed by atoms with van der Waals surface area (Å²) in [5.41, 5.74) is 2.86. The normalized spacial score (nSPS) is 12.4. The zero-order valence-corrected chi connectivity index (χ0v) is 17.6. The van der Waals surface area contributed by atoms with Crippen LogP contribution in [0.2, 0.25) is 0 Å². The molecule has 1 unspecified atom stereocenters. The number of anilines is 1. The minimum atomic E-state index is -0.224. The maximum Gasteiger partial charge on any atom is 0.321 e. The third-order valence-electron chi connectivity index (χ3n) is 4.68. The van der Waals surface area contributed by atoms with E-state index in [0.717, 1.165) is 16.9 Å². The van der Waals surface area contributed by atoms with E-state index in [1.165, 1.54) is 0 Å². The monoisotopic (exact) mass is 385 g/mol. The number of nitrogens with one attached hydrogen (secondary N) is 3. The van der Waals surface area contributed by atoms with Crippen LogP contribution in [0.4, 0.5) is 10.5 Å². The number of rotatable bonds is 6. The van der Waals surface area contributed by atoms with Crippen LogP contribution in [0.1, 0.15) is 69.3 Å². The summed E-state index contributed by atoms with van der Waals surface area (Å²) in [6.45, 7) is 13.3. The van der Waals surface area contributed by atoms with Gasteiger partial charge < -0.3 is 15.5 Å². The fourth-order valence-corrected chi connectivity index (χ4v) is 2.74. The molecule has 0 spiro atoms. The summed E-state index contributed by atoms with van der Waals surface area (Å²) in [5, 5.41) is 12.9. The van der Waals surface area contributed by atoms with E-state index in [1.54, 1.807) is 11.0 Å². The van der Waals surface area contributed by atoms with Gasteiger partial charge in [0.25, 0.3) is 5.91 Å². The number of hydrogen-bond acceptors (Lipinski definition) is 3. The number of carbonyl (C=O) groups excluding carboxylic acids is 2. The first-order valence-corrected chi connectivity index (χ1v) is 9.68. The van der Waals surface area contributed by atoms with E-state index in [0.29, 0.717) is 18.8 Å². The van der Waals surface area contributed by atoms with Crippen molar-refractivity contribution in [2.45, 2.75) is 53.0 Å². The third kappa shape index (κ3) is 5.34. The molecule has 0 aliphatic rings. The molecule has 1 heterocycles. The first kappa shape index (κ1) is 21.5. The highest BCUT2D eigenvalue weighted by molar-refractivity contribution is 5.92. The van der Waals surface area contributed by atoms with Crippen LogP contribution in [0.3, 0.4) is 0 Å². The molecule has 0 radical (unpaired) electrons. The van der Waals surface area contributed by atoms with Gasteiger partial charge in [-0.2, -0.15) is 5.10 Å². The van der Waals surface area contributed by atoms with Crippen LogP contribution >= 0.6 is 0 Å². The molecule has 0 aliphatic carbocycles. The molecule has 0 saturated carbocycles. The van der Waals surface area contributed by atoms with Gasteiger partial charge in [0.1, 0.15) is 5.69 Å². The van der Waals surface area contributed by atoms with Crippen LogP contribution in [-0.4, -0.2) is 40.1 Å². The molecule has 0 saturated heterocycles. The first-order valence-electron chi connectivity index (χ1n) is 9.68. The molecule has 1 atom stereocenters. The standard InChI is InChI=1S/C21H31N5O2/c1-7-26(8-2)20(28)23-16-11-9-15(10-12-16)14(3)22-19(27)17-13-18(25-24-17)21(4,5)6/h9-14H,7-8H2,1-6H3,(H,22,27)(H,23,28)(H,24,25). The Morgan fingerprint density at radius 1 is 1.14 bits per heavy atom. The van der Waals surface area contributed by atoms with Crippen molar-refractivity contribution in [2.75, 3.05) is 18.4 Å². The first-order chi connectivity index (χ1) is 13.2. The number of benzene rings is 1. The van der Waals surface area contributed by atoms with Crippen molar-refractivity contribution in [3.05, 3.63) is 47.3 Å². The molecule has 0 fully saturated rings. The Morgan fingerprint density at radius 3 is 2.25 bits per heavy atom. The summed E-state index contributed by atoms with van der Waals surface area (Å²) in [4.78, 5) is 26.3. The Balaban J connectivity index is 1.99. The summed E-state index contributed by atoms with van der Waals surface area (Å²) >= 11 is 0. The highest BCUT2D eigenvalue weighted by Crippen LogP contribution is 2.21. The molecular weight excluding hydrogens is 354 g/mol. The van der Waals surface area contributed by atoms with Crippen molar-refractivity contribution in [1.82, 2.24) is 20.4 Å². The van der Waals surface area contributed by atoms with E-state index >= 15 is 0 Å². The summed E-state index contributed by atoms with van der Waals surface area (Å²) in [6.07, 6.45) is 0. The smallest absolute Gasteiger partial charge is 0.321 e. The molecule has 0 bridgehead atoms. The molecule has 2 rings (SSSR count). The number of amides is 3. The third-order valence-corrected chi connectivity index (χ3v) is 4.68. The number of nitrogens with zero attached hydrogens (tertiary/aromatic N) is 2. The molecule has 0 aliphatic heterocycles. The van der Waals surface area contributed by atoms with Crippen molar-refractivity contribution in [2.24, 2.45) is 0 Å². The summed E-state index contributed by atoms with van der Waals surface area (Å²) in [6, 6.07) is 8.95. The van der Waals surface area contributed by atoms with Gasteiger partial charge in [0.2, 0.25) is 0 Å². The maximum absolute atomic E-state index is 12.5. The van der Waals surface area contributed by atoms with E-state index in [1.807, 2.05) is 45.0 Å². The highest BCUT2D eigenvalue weighted by Gasteiger charge is 2.20. The van der Waals surface area contributed by atoms with E-state index in [4.69, 9.17) is 0 Å². The lowest BCUT2D eigenvalue weighted by atomic mass is 9.92. The SMILES string of the molecule is CCN(CC)C(=O)Nc1ccc(C(C)NC(=O)c2cc(C(C)(C)C)[nH]n2)cc1. The van der Waals surface area contributed by atoms with Gasteiger partial charge in [0.05, 0.1) is 6.04 Å². The predicted octanol–water partition coefficient (Wildman–Crippen LogP) is 4.07. The molecule has 28 heavy (non-hydrogen) atoms. The minimum absolute atomic E-state index is 0.0947. The average Bonchev–Trinajstić information content (AvgIpc) is 3.14. The van der Waals surface area contributed by atoms with Crippen molar-refractivity contribution in [3.63, 3.8) is 0 Å². The molecule has 7 nitrogen and oxygen atoms in total. The van der Waals surface area contributed by atoms with Gasteiger partial charge in [0.15, 0.2) is 0 Å². The van der Waals surface area contributed by atoms with Gasteiger partial charge in [-0.25, -0.2) is 4.79 Å². The van der Waals surface area contributed by atoms with Crippen molar-refractivity contribution in [1.29, 1.82) is 0 Å². The molecule has 3 amide bonds. The minimum Gasteiger partial charge on any atom is -0.344 e. The van der Waals surface area contributed by atoms with Gasteiger partial charge in [0, 0.05) is 29.9 Å². The van der Waals surface area contributed by atoms with Crippen LogP contribution in [0, 0.1) is 0 Å². The number of aromatic nitrogens is 2. The number of urea groups is 1. The molecule has 2 aromatic rings. The topological polar surface area (TPSA) is 90.1 Å². The molecule has 1 aromatic carbocycles. The molecule has 152 valence electrons. The second-order valence-electron chi connectivity index (χ2n) is 7.84. The molecular formula is C21H31N5O2. The van der Waals surface area contributed by atoms with Gasteiger partial charge in [-0.15, -0.1) is 0 Å². The highest BCUT2D eigenvalue weighted by atomic mass is 16.2. The quantitative estimate of drug-likeness (QED) is 0.700. The zero-order chi connectivity index (χ0) is 20.9. The zero-order valence-electron chi connectivity index (χ0n) is 17.6. The average molecular weight is 386 g/mol. The van der Waals surface area contributed by atoms with Gasteiger partial charge >= 0.3 is 6.03 Å². The number of H-pyrrole nitrogens is 1. The summed E-state index contributed by atoms with van der Waals surface area (Å²) in [7, 11) is 0. The molecule has 7 heteroatoms. The van der Waals surface area contributed by atoms with Gasteiger partial charge in [-0.3, -0.25) is 9.89 Å². The van der Waals surface area contributed by atoms with Crippen LogP contribution < -0.4 is 10.6 Å². The molecule has 1 aromatic heterocycles. The lowest BCUT2D eigenvalue weighted by Gasteiger charge is -2.19. The van der Waals surface area contributed by atoms with Gasteiger partial charge in [-0.1, -0.05) is 32.9 Å². The van der Waals surface area contributed by atoms with Crippen LogP contribution in [0.5, 0.6) is 0 Å². The van der Waals surface area contributed by atoms with E-state index in [-0.39, 0.29) is 23.4 Å². The van der Waals surface area contributed by atoms with E-state index < -0.39 is 0 Å². The second-order valence-corrected chi connectivity index (χ2v) is 7.84. The fourth-order valence-electron chi connectivity index (χ4n) is 2.74. The van der Waals surface area contributed by atoms with Crippen LogP contribution in [0.15, 0.2) is 30.3 Å². The summed E-state index contributed by atoms with van der Waals surface area (Å²) < 4.78 is 0. The Labute approximate surface area is 166 Å². The number of aromatic amines is 1. The van der Waals surface area contributed by atoms with E-state index in [9.17, 15) is 9.59 Å². The Bertz CT molecular complexity index is 801. The largest absolute Gasteiger partial charge is 0.344 e. The lowest BCUT2D eigenvalue weighted by molar-refractivity contribution is 0.0935. The number of carbonyl (C=O) groups is 2. The van der Waals surface area contributed by atoms with Crippen LogP contribution in [-0.2, 0) is 5.41 Å². The van der Waals surface area contributed by atoms with Crippen molar-refractivity contribution >= 4 is 17.6 Å². The molecule has 3 N–H and O–H groups in total. The fraction of sp³-hybridized carbons (Fsp3) is 0.476. The van der Waals surface area contributed by atoms with Crippen molar-refractivity contribution in [3.8, 4) is 0 Å². The van der Waals surface area contributed by atoms with Crippen LogP contribution in [0.25, 0.3) is 0 Å². The summed E-state index contributed by atoms with van der Waals surface area (Å²) in [5.74, 6) is -0.224. The van der Waals surface area contributed by atoms with E-state index in [2.05, 4.69) is 41.6 Å². The maximum atomic E-state index is 12.5. The number of hydrogen-bond donors (Lipinski definition) is 3. The Hall–Kier alpha value is -2.83. The van der Waals surface area contributed by atoms with Crippen molar-refractivity contribution < 1.29 is 9.59 Å². The lowest BCUT2D eigenvalue weighted by Crippen LogP contribution is -2.34. The predicted molar refractivity (Wildman–Crippen MR) is 112 cm³/mol.